The van der Waals surface area contributed by atoms with Gasteiger partial charge in [0.2, 0.25) is 0 Å². The summed E-state index contributed by atoms with van der Waals surface area (Å²) in [5.41, 5.74) is 6.61. The first-order valence-electron chi connectivity index (χ1n) is 6.74. The number of hydrazine groups is 1. The fourth-order valence-electron chi connectivity index (χ4n) is 1.68. The van der Waals surface area contributed by atoms with Crippen molar-refractivity contribution in [3.63, 3.8) is 0 Å². The summed E-state index contributed by atoms with van der Waals surface area (Å²) in [6.45, 7) is 0.452. The molecule has 0 unspecified atom stereocenters. The minimum atomic E-state index is -0.256. The van der Waals surface area contributed by atoms with E-state index in [2.05, 4.69) is 16.2 Å². The van der Waals surface area contributed by atoms with E-state index in [9.17, 15) is 4.79 Å². The van der Waals surface area contributed by atoms with E-state index in [1.165, 1.54) is 0 Å². The lowest BCUT2D eigenvalue weighted by Gasteiger charge is -2.09. The molecule has 0 heterocycles. The molecule has 0 aliphatic rings. The highest BCUT2D eigenvalue weighted by Crippen LogP contribution is 2.12. The molecule has 0 aromatic heterocycles. The lowest BCUT2D eigenvalue weighted by Crippen LogP contribution is -2.45. The van der Waals surface area contributed by atoms with Crippen molar-refractivity contribution in [2.75, 3.05) is 7.05 Å². The Balaban J connectivity index is 1.87. The van der Waals surface area contributed by atoms with Crippen LogP contribution < -0.4 is 20.9 Å². The van der Waals surface area contributed by atoms with Crippen molar-refractivity contribution in [2.24, 2.45) is 0 Å². The number of thiocarbonyl (C=S) groups is 1. The average Bonchev–Trinajstić information content (AvgIpc) is 2.59. The third-order valence-corrected chi connectivity index (χ3v) is 3.19. The molecule has 0 atom stereocenters. The Bertz CT molecular complexity index is 630. The molecule has 0 aliphatic heterocycles. The number of nitrogens with one attached hydrogen (secondary N) is 3. The Kier molecular flexibility index (Phi) is 5.73. The van der Waals surface area contributed by atoms with Gasteiger partial charge in [0.1, 0.15) is 12.4 Å². The second kappa shape index (κ2) is 7.99. The Labute approximate surface area is 134 Å². The third kappa shape index (κ3) is 4.75. The van der Waals surface area contributed by atoms with Crippen LogP contribution in [0, 0.1) is 0 Å². The van der Waals surface area contributed by atoms with E-state index >= 15 is 0 Å². The van der Waals surface area contributed by atoms with Crippen LogP contribution in [0.4, 0.5) is 0 Å². The van der Waals surface area contributed by atoms with Gasteiger partial charge in [-0.15, -0.1) is 0 Å². The van der Waals surface area contributed by atoms with Gasteiger partial charge in [0.15, 0.2) is 5.11 Å². The van der Waals surface area contributed by atoms with Crippen LogP contribution >= 0.6 is 12.2 Å². The van der Waals surface area contributed by atoms with Crippen molar-refractivity contribution in [1.29, 1.82) is 0 Å². The standard InChI is InChI=1S/C16H17N3O2S/c1-17-16(22)19-18-15(20)13-9-7-12(8-10-13)11-21-14-5-3-2-4-6-14/h2-10H,11H2,1H3,(H,18,20)(H2,17,19,22). The maximum absolute atomic E-state index is 11.9. The van der Waals surface area contributed by atoms with E-state index in [0.717, 1.165) is 11.3 Å². The molecule has 22 heavy (non-hydrogen) atoms. The lowest BCUT2D eigenvalue weighted by molar-refractivity contribution is 0.0943. The highest BCUT2D eigenvalue weighted by atomic mass is 32.1. The average molecular weight is 315 g/mol. The van der Waals surface area contributed by atoms with Crippen molar-refractivity contribution in [1.82, 2.24) is 16.2 Å². The summed E-state index contributed by atoms with van der Waals surface area (Å²) in [5.74, 6) is 0.558. The molecular weight excluding hydrogens is 298 g/mol. The normalized spacial score (nSPS) is 9.68. The lowest BCUT2D eigenvalue weighted by atomic mass is 10.1. The van der Waals surface area contributed by atoms with Crippen molar-refractivity contribution in [2.45, 2.75) is 6.61 Å². The van der Waals surface area contributed by atoms with E-state index in [-0.39, 0.29) is 5.91 Å². The number of hydrogen-bond acceptors (Lipinski definition) is 3. The zero-order valence-corrected chi connectivity index (χ0v) is 12.9. The molecule has 0 saturated carbocycles. The molecule has 2 aromatic carbocycles. The number of hydrogen-bond donors (Lipinski definition) is 3. The van der Waals surface area contributed by atoms with Crippen molar-refractivity contribution in [3.8, 4) is 5.75 Å². The number of benzene rings is 2. The van der Waals surface area contributed by atoms with Crippen molar-refractivity contribution >= 4 is 23.2 Å². The van der Waals surface area contributed by atoms with Gasteiger partial charge in [-0.2, -0.15) is 0 Å². The maximum Gasteiger partial charge on any atom is 0.269 e. The first-order valence-corrected chi connectivity index (χ1v) is 7.14. The first kappa shape index (κ1) is 15.8. The summed E-state index contributed by atoms with van der Waals surface area (Å²) in [6, 6.07) is 16.8. The van der Waals surface area contributed by atoms with Gasteiger partial charge < -0.3 is 10.1 Å². The number of ether oxygens (including phenoxy) is 1. The molecule has 1 amide bonds. The van der Waals surface area contributed by atoms with Gasteiger partial charge in [-0.1, -0.05) is 30.3 Å². The zero-order valence-electron chi connectivity index (χ0n) is 12.1. The summed E-state index contributed by atoms with van der Waals surface area (Å²) in [4.78, 5) is 11.9. The molecule has 114 valence electrons. The quantitative estimate of drug-likeness (QED) is 0.595. The second-order valence-electron chi connectivity index (χ2n) is 4.46. The molecule has 0 fully saturated rings. The Hall–Kier alpha value is -2.60. The molecule has 6 heteroatoms. The predicted molar refractivity (Wildman–Crippen MR) is 89.5 cm³/mol. The zero-order chi connectivity index (χ0) is 15.8. The summed E-state index contributed by atoms with van der Waals surface area (Å²) in [6.07, 6.45) is 0. The van der Waals surface area contributed by atoms with E-state index in [0.29, 0.717) is 17.3 Å². The van der Waals surface area contributed by atoms with Crippen LogP contribution in [-0.2, 0) is 6.61 Å². The fraction of sp³-hybridized carbons (Fsp3) is 0.125. The fourth-order valence-corrected chi connectivity index (χ4v) is 1.73. The van der Waals surface area contributed by atoms with Crippen LogP contribution in [-0.4, -0.2) is 18.1 Å². The SMILES string of the molecule is CNC(=S)NNC(=O)c1ccc(COc2ccccc2)cc1. The molecule has 0 saturated heterocycles. The third-order valence-electron chi connectivity index (χ3n) is 2.88. The molecule has 0 spiro atoms. The van der Waals surface area contributed by atoms with E-state index in [1.807, 2.05) is 42.5 Å². The second-order valence-corrected chi connectivity index (χ2v) is 4.87. The number of amides is 1. The molecular formula is C16H17N3O2S. The van der Waals surface area contributed by atoms with Crippen LogP contribution in [0.1, 0.15) is 15.9 Å². The summed E-state index contributed by atoms with van der Waals surface area (Å²) in [7, 11) is 1.67. The van der Waals surface area contributed by atoms with E-state index < -0.39 is 0 Å². The largest absolute Gasteiger partial charge is 0.489 e. The molecule has 0 radical (unpaired) electrons. The molecule has 5 nitrogen and oxygen atoms in total. The molecule has 3 N–H and O–H groups in total. The van der Waals surface area contributed by atoms with E-state index in [4.69, 9.17) is 17.0 Å². The van der Waals surface area contributed by atoms with Gasteiger partial charge in [-0.05, 0) is 42.0 Å². The Morgan fingerprint density at radius 3 is 2.36 bits per heavy atom. The summed E-state index contributed by atoms with van der Waals surface area (Å²) < 4.78 is 5.65. The molecule has 2 aromatic rings. The monoisotopic (exact) mass is 315 g/mol. The number of carbonyl (C=O) groups is 1. The topological polar surface area (TPSA) is 62.4 Å². The van der Waals surface area contributed by atoms with Crippen LogP contribution in [0.2, 0.25) is 0 Å². The Morgan fingerprint density at radius 1 is 1.05 bits per heavy atom. The van der Waals surface area contributed by atoms with Crippen LogP contribution in [0.3, 0.4) is 0 Å². The first-order chi connectivity index (χ1) is 10.7. The smallest absolute Gasteiger partial charge is 0.269 e. The minimum absolute atomic E-state index is 0.256. The van der Waals surface area contributed by atoms with Crippen LogP contribution in [0.15, 0.2) is 54.6 Å². The maximum atomic E-state index is 11.9. The van der Waals surface area contributed by atoms with Gasteiger partial charge in [-0.25, -0.2) is 0 Å². The molecule has 0 aliphatic carbocycles. The number of rotatable bonds is 4. The van der Waals surface area contributed by atoms with Gasteiger partial charge >= 0.3 is 0 Å². The van der Waals surface area contributed by atoms with Gasteiger partial charge in [0, 0.05) is 12.6 Å². The summed E-state index contributed by atoms with van der Waals surface area (Å²) >= 11 is 4.87. The predicted octanol–water partition coefficient (Wildman–Crippen LogP) is 2.00. The highest BCUT2D eigenvalue weighted by molar-refractivity contribution is 7.80. The number of para-hydroxylation sites is 1. The number of carbonyl (C=O) groups excluding carboxylic acids is 1. The van der Waals surface area contributed by atoms with Crippen molar-refractivity contribution in [3.05, 3.63) is 65.7 Å². The van der Waals surface area contributed by atoms with Gasteiger partial charge in [0.05, 0.1) is 0 Å². The highest BCUT2D eigenvalue weighted by Gasteiger charge is 2.05. The van der Waals surface area contributed by atoms with Crippen LogP contribution in [0.5, 0.6) is 5.75 Å². The minimum Gasteiger partial charge on any atom is -0.489 e. The molecule has 0 bridgehead atoms. The van der Waals surface area contributed by atoms with Gasteiger partial charge in [0.25, 0.3) is 5.91 Å². The Morgan fingerprint density at radius 2 is 1.73 bits per heavy atom. The van der Waals surface area contributed by atoms with Gasteiger partial charge in [-0.3, -0.25) is 15.6 Å². The molecule has 2 rings (SSSR count). The summed E-state index contributed by atoms with van der Waals surface area (Å²) in [5, 5.41) is 3.05. The van der Waals surface area contributed by atoms with Crippen LogP contribution in [0.25, 0.3) is 0 Å². The van der Waals surface area contributed by atoms with Crippen molar-refractivity contribution < 1.29 is 9.53 Å². The van der Waals surface area contributed by atoms with E-state index in [1.54, 1.807) is 19.2 Å².